The summed E-state index contributed by atoms with van der Waals surface area (Å²) in [5.74, 6) is 5.29. The molecule has 0 aliphatic carbocycles. The minimum atomic E-state index is -0.466. The molecule has 0 unspecified atom stereocenters. The fraction of sp³-hybridized carbons (Fsp3) is 0.591. The SMILES string of the molecule is CC(C)(C)CCCCCCCCCC#Cc1c(F)ccc(C#N)c1Cl. The Kier molecular flexibility index (Phi) is 9.62. The van der Waals surface area contributed by atoms with E-state index in [1.54, 1.807) is 0 Å². The summed E-state index contributed by atoms with van der Waals surface area (Å²) < 4.78 is 13.7. The molecule has 0 heterocycles. The van der Waals surface area contributed by atoms with E-state index in [4.69, 9.17) is 16.9 Å². The average Bonchev–Trinajstić information content (AvgIpc) is 2.54. The molecule has 0 radical (unpaired) electrons. The quantitative estimate of drug-likeness (QED) is 0.353. The molecule has 0 amide bonds. The van der Waals surface area contributed by atoms with Crippen molar-refractivity contribution in [3.05, 3.63) is 34.1 Å². The van der Waals surface area contributed by atoms with Crippen molar-refractivity contribution in [3.63, 3.8) is 0 Å². The van der Waals surface area contributed by atoms with Crippen LogP contribution in [0, 0.1) is 34.4 Å². The monoisotopic (exact) mass is 361 g/mol. The van der Waals surface area contributed by atoms with Crippen LogP contribution in [0.4, 0.5) is 4.39 Å². The Hall–Kier alpha value is -1.51. The van der Waals surface area contributed by atoms with Crippen molar-refractivity contribution in [1.29, 1.82) is 5.26 Å². The number of nitriles is 1. The van der Waals surface area contributed by atoms with E-state index in [0.29, 0.717) is 5.41 Å². The van der Waals surface area contributed by atoms with Crippen LogP contribution in [-0.2, 0) is 0 Å². The van der Waals surface area contributed by atoms with Gasteiger partial charge in [-0.3, -0.25) is 0 Å². The summed E-state index contributed by atoms with van der Waals surface area (Å²) in [6.07, 6.45) is 10.7. The number of hydrogen-bond acceptors (Lipinski definition) is 1. The zero-order chi connectivity index (χ0) is 18.7. The van der Waals surface area contributed by atoms with Crippen LogP contribution in [0.2, 0.25) is 5.02 Å². The van der Waals surface area contributed by atoms with Crippen LogP contribution in [-0.4, -0.2) is 0 Å². The number of benzene rings is 1. The number of rotatable bonds is 8. The summed E-state index contributed by atoms with van der Waals surface area (Å²) in [4.78, 5) is 0. The van der Waals surface area contributed by atoms with Gasteiger partial charge in [-0.05, 0) is 30.4 Å². The molecule has 0 saturated heterocycles. The fourth-order valence-corrected chi connectivity index (χ4v) is 2.90. The van der Waals surface area contributed by atoms with E-state index >= 15 is 0 Å². The number of hydrogen-bond donors (Lipinski definition) is 0. The molecule has 1 aromatic rings. The van der Waals surface area contributed by atoms with Crippen molar-refractivity contribution in [2.75, 3.05) is 0 Å². The summed E-state index contributed by atoms with van der Waals surface area (Å²) in [6, 6.07) is 4.57. The van der Waals surface area contributed by atoms with Gasteiger partial charge in [-0.2, -0.15) is 5.26 Å². The topological polar surface area (TPSA) is 23.8 Å². The van der Waals surface area contributed by atoms with E-state index in [1.165, 1.54) is 50.7 Å². The van der Waals surface area contributed by atoms with Crippen molar-refractivity contribution < 1.29 is 4.39 Å². The van der Waals surface area contributed by atoms with Gasteiger partial charge in [0.15, 0.2) is 0 Å². The van der Waals surface area contributed by atoms with E-state index in [1.807, 2.05) is 6.07 Å². The third-order valence-electron chi connectivity index (χ3n) is 4.15. The highest BCUT2D eigenvalue weighted by Crippen LogP contribution is 2.23. The molecule has 1 aromatic carbocycles. The van der Waals surface area contributed by atoms with Crippen molar-refractivity contribution in [3.8, 4) is 17.9 Å². The van der Waals surface area contributed by atoms with Gasteiger partial charge in [-0.1, -0.05) is 82.7 Å². The molecule has 0 fully saturated rings. The molecular weight excluding hydrogens is 333 g/mol. The second kappa shape index (κ2) is 11.2. The highest BCUT2D eigenvalue weighted by molar-refractivity contribution is 6.32. The molecule has 0 N–H and O–H groups in total. The largest absolute Gasteiger partial charge is 0.206 e. The molecule has 3 heteroatoms. The highest BCUT2D eigenvalue weighted by atomic mass is 35.5. The van der Waals surface area contributed by atoms with Gasteiger partial charge in [0, 0.05) is 6.42 Å². The molecule has 0 bridgehead atoms. The maximum atomic E-state index is 13.7. The van der Waals surface area contributed by atoms with Gasteiger partial charge in [-0.15, -0.1) is 0 Å². The molecule has 0 aliphatic rings. The van der Waals surface area contributed by atoms with Crippen LogP contribution in [0.25, 0.3) is 0 Å². The Morgan fingerprint density at radius 3 is 2.20 bits per heavy atom. The molecule has 0 saturated carbocycles. The fourth-order valence-electron chi connectivity index (χ4n) is 2.66. The number of halogens is 2. The van der Waals surface area contributed by atoms with Crippen LogP contribution < -0.4 is 0 Å². The van der Waals surface area contributed by atoms with Gasteiger partial charge in [0.2, 0.25) is 0 Å². The molecule has 1 nitrogen and oxygen atoms in total. The Morgan fingerprint density at radius 1 is 1.00 bits per heavy atom. The third-order valence-corrected chi connectivity index (χ3v) is 4.55. The minimum Gasteiger partial charge on any atom is -0.206 e. The van der Waals surface area contributed by atoms with Crippen molar-refractivity contribution in [2.45, 2.75) is 78.6 Å². The Bertz CT molecular complexity index is 641. The van der Waals surface area contributed by atoms with Crippen molar-refractivity contribution in [2.24, 2.45) is 5.41 Å². The van der Waals surface area contributed by atoms with Crippen LogP contribution in [0.15, 0.2) is 12.1 Å². The number of unbranched alkanes of at least 4 members (excludes halogenated alkanes) is 7. The molecule has 0 aromatic heterocycles. The molecule has 25 heavy (non-hydrogen) atoms. The van der Waals surface area contributed by atoms with E-state index in [-0.39, 0.29) is 16.1 Å². The Balaban J connectivity index is 2.20. The Morgan fingerprint density at radius 2 is 1.60 bits per heavy atom. The van der Waals surface area contributed by atoms with Crippen LogP contribution in [0.1, 0.15) is 89.7 Å². The molecule has 1 rings (SSSR count). The number of nitrogens with zero attached hydrogens (tertiary/aromatic N) is 1. The Labute approximate surface area is 157 Å². The summed E-state index contributed by atoms with van der Waals surface area (Å²) in [5, 5.41) is 9.03. The average molecular weight is 362 g/mol. The van der Waals surface area contributed by atoms with Gasteiger partial charge < -0.3 is 0 Å². The summed E-state index contributed by atoms with van der Waals surface area (Å²) in [7, 11) is 0. The van der Waals surface area contributed by atoms with E-state index < -0.39 is 5.82 Å². The van der Waals surface area contributed by atoms with Gasteiger partial charge in [-0.25, -0.2) is 4.39 Å². The first-order valence-corrected chi connectivity index (χ1v) is 9.60. The van der Waals surface area contributed by atoms with Crippen LogP contribution in [0.5, 0.6) is 0 Å². The first kappa shape index (κ1) is 21.5. The normalized spacial score (nSPS) is 10.9. The lowest BCUT2D eigenvalue weighted by molar-refractivity contribution is 0.356. The second-order valence-electron chi connectivity index (χ2n) is 7.73. The summed E-state index contributed by atoms with van der Waals surface area (Å²) >= 11 is 6.00. The smallest absolute Gasteiger partial charge is 0.140 e. The predicted molar refractivity (Wildman–Crippen MR) is 104 cm³/mol. The standard InChI is InChI=1S/C22H29ClFN/c1-22(2,3)16-12-10-8-6-4-5-7-9-11-13-19-20(24)15-14-18(17-25)21(19)23/h14-15H,4-10,12,16H2,1-3H3. The second-order valence-corrected chi connectivity index (χ2v) is 8.11. The highest BCUT2D eigenvalue weighted by Gasteiger charge is 2.09. The lowest BCUT2D eigenvalue weighted by Crippen LogP contribution is -2.03. The van der Waals surface area contributed by atoms with Gasteiger partial charge in [0.05, 0.1) is 16.1 Å². The van der Waals surface area contributed by atoms with E-state index in [9.17, 15) is 4.39 Å². The van der Waals surface area contributed by atoms with Gasteiger partial charge in [0.25, 0.3) is 0 Å². The maximum absolute atomic E-state index is 13.7. The lowest BCUT2D eigenvalue weighted by atomic mass is 9.89. The first-order valence-electron chi connectivity index (χ1n) is 9.22. The minimum absolute atomic E-state index is 0.116. The van der Waals surface area contributed by atoms with Gasteiger partial charge in [0.1, 0.15) is 11.9 Å². The van der Waals surface area contributed by atoms with Gasteiger partial charge >= 0.3 is 0 Å². The van der Waals surface area contributed by atoms with Crippen molar-refractivity contribution >= 4 is 11.6 Å². The third kappa shape index (κ3) is 8.94. The van der Waals surface area contributed by atoms with E-state index in [2.05, 4.69) is 32.6 Å². The van der Waals surface area contributed by atoms with Crippen LogP contribution in [0.3, 0.4) is 0 Å². The first-order chi connectivity index (χ1) is 11.8. The molecule has 136 valence electrons. The summed E-state index contributed by atoms with van der Waals surface area (Å²) in [6.45, 7) is 6.89. The zero-order valence-corrected chi connectivity index (χ0v) is 16.5. The molecule has 0 spiro atoms. The molecule has 0 aliphatic heterocycles. The van der Waals surface area contributed by atoms with Crippen LogP contribution >= 0.6 is 11.6 Å². The van der Waals surface area contributed by atoms with Crippen molar-refractivity contribution in [1.82, 2.24) is 0 Å². The van der Waals surface area contributed by atoms with E-state index in [0.717, 1.165) is 19.3 Å². The summed E-state index contributed by atoms with van der Waals surface area (Å²) in [5.41, 5.74) is 0.853. The maximum Gasteiger partial charge on any atom is 0.140 e. The lowest BCUT2D eigenvalue weighted by Gasteiger charge is -2.17. The molecule has 0 atom stereocenters. The predicted octanol–water partition coefficient (Wildman–Crippen LogP) is 7.26. The molecular formula is C22H29ClFN. The zero-order valence-electron chi connectivity index (χ0n) is 15.7.